The van der Waals surface area contributed by atoms with Crippen LogP contribution in [0.3, 0.4) is 0 Å². The maximum Gasteiger partial charge on any atom is 0.436 e. The van der Waals surface area contributed by atoms with Crippen LogP contribution in [0.5, 0.6) is 5.75 Å². The molecule has 1 aromatic rings. The normalized spacial score (nSPS) is 16.6. The highest BCUT2D eigenvalue weighted by Gasteiger charge is 2.25. The van der Waals surface area contributed by atoms with Gasteiger partial charge in [-0.05, 0) is 19.1 Å². The number of amidine groups is 1. The minimum absolute atomic E-state index is 0.267. The first-order chi connectivity index (χ1) is 9.65. The number of carbonyl (C=O) groups is 1. The molecule has 2 rings (SSSR count). The van der Waals surface area contributed by atoms with E-state index < -0.39 is 6.09 Å². The molecule has 1 amide bonds. The highest BCUT2D eigenvalue weighted by atomic mass is 32.2. The van der Waals surface area contributed by atoms with Gasteiger partial charge in [-0.25, -0.2) is 9.18 Å². The molecule has 0 atom stereocenters. The molecule has 1 saturated heterocycles. The lowest BCUT2D eigenvalue weighted by atomic mass is 10.2. The molecular weight excluding hydrogens is 283 g/mol. The third-order valence-corrected chi connectivity index (χ3v) is 3.62. The zero-order chi connectivity index (χ0) is 14.5. The summed E-state index contributed by atoms with van der Waals surface area (Å²) in [5.74, 6) is 0.927. The molecule has 5 nitrogen and oxygen atoms in total. The van der Waals surface area contributed by atoms with Crippen LogP contribution in [0.25, 0.3) is 0 Å². The average molecular weight is 298 g/mol. The lowest BCUT2D eigenvalue weighted by molar-refractivity contribution is 0.163. The van der Waals surface area contributed by atoms with Crippen molar-refractivity contribution in [1.82, 2.24) is 0 Å². The molecule has 1 aromatic carbocycles. The predicted octanol–water partition coefficient (Wildman–Crippen LogP) is 2.90. The smallest absolute Gasteiger partial charge is 0.436 e. The molecule has 0 radical (unpaired) electrons. The fraction of sp³-hybridized carbons (Fsp3) is 0.385. The second kappa shape index (κ2) is 6.60. The van der Waals surface area contributed by atoms with E-state index in [1.807, 2.05) is 0 Å². The molecule has 1 aliphatic heterocycles. The van der Waals surface area contributed by atoms with Gasteiger partial charge >= 0.3 is 6.09 Å². The second-order valence-corrected chi connectivity index (χ2v) is 4.97. The van der Waals surface area contributed by atoms with Crippen molar-refractivity contribution in [3.8, 4) is 5.75 Å². The summed E-state index contributed by atoms with van der Waals surface area (Å²) in [6.07, 6.45) is -0.641. The van der Waals surface area contributed by atoms with Crippen molar-refractivity contribution in [1.29, 1.82) is 0 Å². The van der Waals surface area contributed by atoms with E-state index in [0.29, 0.717) is 23.1 Å². The highest BCUT2D eigenvalue weighted by molar-refractivity contribution is 8.14. The van der Waals surface area contributed by atoms with Crippen LogP contribution in [-0.4, -0.2) is 37.3 Å². The van der Waals surface area contributed by atoms with Gasteiger partial charge in [-0.3, -0.25) is 0 Å². The summed E-state index contributed by atoms with van der Waals surface area (Å²) in [6.45, 7) is 2.61. The quantitative estimate of drug-likeness (QED) is 0.859. The summed E-state index contributed by atoms with van der Waals surface area (Å²) in [6, 6.07) is 4.24. The first-order valence-corrected chi connectivity index (χ1v) is 7.13. The van der Waals surface area contributed by atoms with Gasteiger partial charge in [0.05, 0.1) is 19.4 Å². The summed E-state index contributed by atoms with van der Waals surface area (Å²) in [5.41, 5.74) is 0.556. The van der Waals surface area contributed by atoms with Crippen molar-refractivity contribution in [2.24, 2.45) is 4.99 Å². The van der Waals surface area contributed by atoms with Crippen LogP contribution in [0.1, 0.15) is 6.92 Å². The van der Waals surface area contributed by atoms with Crippen LogP contribution in [0, 0.1) is 5.82 Å². The Morgan fingerprint density at radius 3 is 3.05 bits per heavy atom. The number of anilines is 1. The van der Waals surface area contributed by atoms with Gasteiger partial charge in [0.2, 0.25) is 0 Å². The van der Waals surface area contributed by atoms with E-state index in [4.69, 9.17) is 9.47 Å². The largest absolute Gasteiger partial charge is 0.495 e. The molecule has 0 bridgehead atoms. The number of rotatable bonds is 3. The Bertz CT molecular complexity index is 536. The van der Waals surface area contributed by atoms with Crippen LogP contribution >= 0.6 is 11.8 Å². The molecule has 108 valence electrons. The van der Waals surface area contributed by atoms with Crippen LogP contribution in [0.15, 0.2) is 23.2 Å². The number of hydrogen-bond acceptors (Lipinski definition) is 4. The summed E-state index contributed by atoms with van der Waals surface area (Å²) < 4.78 is 23.4. The molecule has 20 heavy (non-hydrogen) atoms. The van der Waals surface area contributed by atoms with Gasteiger partial charge < -0.3 is 14.4 Å². The minimum atomic E-state index is -0.641. The molecule has 7 heteroatoms. The Morgan fingerprint density at radius 1 is 1.55 bits per heavy atom. The minimum Gasteiger partial charge on any atom is -0.495 e. The van der Waals surface area contributed by atoms with Crippen molar-refractivity contribution >= 4 is 28.7 Å². The average Bonchev–Trinajstić information content (AvgIpc) is 2.86. The number of hydrogen-bond donors (Lipinski definition) is 0. The monoisotopic (exact) mass is 298 g/mol. The fourth-order valence-corrected chi connectivity index (χ4v) is 2.77. The van der Waals surface area contributed by atoms with Crippen LogP contribution < -0.4 is 9.64 Å². The molecule has 0 N–H and O–H groups in total. The van der Waals surface area contributed by atoms with Gasteiger partial charge in [-0.15, -0.1) is 0 Å². The van der Waals surface area contributed by atoms with E-state index in [9.17, 15) is 9.18 Å². The summed E-state index contributed by atoms with van der Waals surface area (Å²) in [5, 5.41) is 0.493. The van der Waals surface area contributed by atoms with Gasteiger partial charge in [0, 0.05) is 18.4 Å². The molecule has 1 fully saturated rings. The first-order valence-electron chi connectivity index (χ1n) is 6.15. The molecule has 0 aliphatic carbocycles. The van der Waals surface area contributed by atoms with Gasteiger partial charge in [0.25, 0.3) is 0 Å². The molecule has 1 heterocycles. The third kappa shape index (κ3) is 3.22. The number of benzene rings is 1. The maximum absolute atomic E-state index is 13.4. The standard InChI is InChI=1S/C13H15FN2O3S/c1-3-19-13(17)15-12-16(6-7-20-12)10-8-9(14)4-5-11(10)18-2/h4-5,8H,3,6-7H2,1-2H3/b15-12-. The Labute approximate surface area is 120 Å². The zero-order valence-corrected chi connectivity index (χ0v) is 12.1. The van der Waals surface area contributed by atoms with E-state index >= 15 is 0 Å². The van der Waals surface area contributed by atoms with Gasteiger partial charge in [-0.1, -0.05) is 11.8 Å². The lowest BCUT2D eigenvalue weighted by Gasteiger charge is -2.20. The van der Waals surface area contributed by atoms with Gasteiger partial charge in [0.15, 0.2) is 5.17 Å². The SMILES string of the molecule is CCOC(=O)/N=C1\SCCN1c1cc(F)ccc1OC. The van der Waals surface area contributed by atoms with Crippen molar-refractivity contribution < 1.29 is 18.7 Å². The molecular formula is C13H15FN2O3S. The van der Waals surface area contributed by atoms with E-state index in [-0.39, 0.29) is 12.4 Å². The fourth-order valence-electron chi connectivity index (χ4n) is 1.83. The highest BCUT2D eigenvalue weighted by Crippen LogP contribution is 2.34. The predicted molar refractivity (Wildman–Crippen MR) is 77.2 cm³/mol. The Balaban J connectivity index is 2.31. The Kier molecular flexibility index (Phi) is 4.84. The van der Waals surface area contributed by atoms with E-state index in [2.05, 4.69) is 4.99 Å². The maximum atomic E-state index is 13.4. The number of ether oxygens (including phenoxy) is 2. The van der Waals surface area contributed by atoms with E-state index in [1.54, 1.807) is 17.9 Å². The summed E-state index contributed by atoms with van der Waals surface area (Å²) in [7, 11) is 1.52. The van der Waals surface area contributed by atoms with E-state index in [0.717, 1.165) is 5.75 Å². The number of halogens is 1. The van der Waals surface area contributed by atoms with Crippen LogP contribution in [-0.2, 0) is 4.74 Å². The number of nitrogens with zero attached hydrogens (tertiary/aromatic N) is 2. The number of methoxy groups -OCH3 is 1. The molecule has 0 spiro atoms. The Hall–Kier alpha value is -1.76. The first kappa shape index (κ1) is 14.6. The Morgan fingerprint density at radius 2 is 2.35 bits per heavy atom. The van der Waals surface area contributed by atoms with Gasteiger partial charge in [-0.2, -0.15) is 4.99 Å². The van der Waals surface area contributed by atoms with Gasteiger partial charge in [0.1, 0.15) is 11.6 Å². The number of carbonyl (C=O) groups excluding carboxylic acids is 1. The molecule has 1 aliphatic rings. The zero-order valence-electron chi connectivity index (χ0n) is 11.3. The number of thioether (sulfide) groups is 1. The van der Waals surface area contributed by atoms with Crippen molar-refractivity contribution in [3.05, 3.63) is 24.0 Å². The van der Waals surface area contributed by atoms with Crippen LogP contribution in [0.2, 0.25) is 0 Å². The molecule has 0 unspecified atom stereocenters. The van der Waals surface area contributed by atoms with Crippen LogP contribution in [0.4, 0.5) is 14.9 Å². The topological polar surface area (TPSA) is 51.1 Å². The third-order valence-electron chi connectivity index (χ3n) is 2.66. The second-order valence-electron chi connectivity index (χ2n) is 3.91. The number of aliphatic imine (C=N–C) groups is 1. The van der Waals surface area contributed by atoms with Crippen molar-refractivity contribution in [3.63, 3.8) is 0 Å². The lowest BCUT2D eigenvalue weighted by Crippen LogP contribution is -2.25. The molecule has 0 aromatic heterocycles. The molecule has 0 saturated carbocycles. The summed E-state index contributed by atoms with van der Waals surface area (Å²) >= 11 is 1.42. The van der Waals surface area contributed by atoms with Crippen molar-refractivity contribution in [2.45, 2.75) is 6.92 Å². The van der Waals surface area contributed by atoms with E-state index in [1.165, 1.54) is 31.0 Å². The van der Waals surface area contributed by atoms with Crippen molar-refractivity contribution in [2.75, 3.05) is 30.9 Å². The number of amides is 1. The summed E-state index contributed by atoms with van der Waals surface area (Å²) in [4.78, 5) is 17.1.